The third-order valence-corrected chi connectivity index (χ3v) is 7.48. The molecular formula is C23H28O4. The molecule has 27 heavy (non-hydrogen) atoms. The fourth-order valence-electron chi connectivity index (χ4n) is 5.94. The van der Waals surface area contributed by atoms with Crippen molar-refractivity contribution in [3.8, 4) is 0 Å². The molecule has 0 unspecified atom stereocenters. The number of ether oxygens (including phenoxy) is 1. The molecule has 144 valence electrons. The fourth-order valence-corrected chi connectivity index (χ4v) is 5.94. The molecule has 4 rings (SSSR count). The number of esters is 1. The molecule has 0 saturated heterocycles. The molecule has 4 nitrogen and oxygen atoms in total. The lowest BCUT2D eigenvalue weighted by Crippen LogP contribution is -2.43. The first-order valence-corrected chi connectivity index (χ1v) is 10.1. The van der Waals surface area contributed by atoms with E-state index < -0.39 is 5.97 Å². The Morgan fingerprint density at radius 3 is 2.78 bits per heavy atom. The maximum atomic E-state index is 12.5. The Bertz CT molecular complexity index is 814. The highest BCUT2D eigenvalue weighted by atomic mass is 16.5. The SMILES string of the molecule is CC(=O)OCC(=O)C1=C[C@@]2(C)CC=C3[C@@H](CCC4=CC(=O)CC[C@@]43C)[C@@H]2C1. The van der Waals surface area contributed by atoms with Crippen molar-refractivity contribution >= 4 is 17.5 Å². The standard InChI is InChI=1S/C23H28O4/c1-14(24)27-13-21(26)15-10-20-18-5-4-16-11-17(25)6-9-23(16,3)19(18)7-8-22(20,2)12-15/h7,11-12,18,20H,4-6,8-10,13H2,1-3H3/t18-,20+,22-,23+/m1/s1. The van der Waals surface area contributed by atoms with Crippen molar-refractivity contribution in [2.75, 3.05) is 6.61 Å². The molecule has 0 spiro atoms. The molecule has 1 saturated carbocycles. The van der Waals surface area contributed by atoms with Crippen LogP contribution >= 0.6 is 0 Å². The Morgan fingerprint density at radius 1 is 1.26 bits per heavy atom. The predicted octanol–water partition coefficient (Wildman–Crippen LogP) is 4.11. The highest BCUT2D eigenvalue weighted by molar-refractivity contribution is 5.98. The van der Waals surface area contributed by atoms with E-state index in [1.165, 1.54) is 18.1 Å². The number of hydrogen-bond acceptors (Lipinski definition) is 4. The van der Waals surface area contributed by atoms with E-state index in [1.807, 2.05) is 6.08 Å². The Hall–Kier alpha value is -1.97. The molecule has 0 amide bonds. The molecule has 1 fully saturated rings. The van der Waals surface area contributed by atoms with Crippen molar-refractivity contribution < 1.29 is 19.1 Å². The van der Waals surface area contributed by atoms with Crippen LogP contribution in [0.15, 0.2) is 34.9 Å². The predicted molar refractivity (Wildman–Crippen MR) is 102 cm³/mol. The first kappa shape index (κ1) is 18.4. The van der Waals surface area contributed by atoms with Gasteiger partial charge in [-0.3, -0.25) is 14.4 Å². The van der Waals surface area contributed by atoms with Crippen LogP contribution in [-0.4, -0.2) is 24.1 Å². The summed E-state index contributed by atoms with van der Waals surface area (Å²) in [6.45, 7) is 5.74. The van der Waals surface area contributed by atoms with Crippen LogP contribution in [0.1, 0.15) is 59.3 Å². The quantitative estimate of drug-likeness (QED) is 0.556. The summed E-state index contributed by atoms with van der Waals surface area (Å²) in [5, 5.41) is 0. The zero-order chi connectivity index (χ0) is 19.4. The van der Waals surface area contributed by atoms with Gasteiger partial charge in [-0.1, -0.05) is 37.1 Å². The summed E-state index contributed by atoms with van der Waals surface area (Å²) in [5.41, 5.74) is 3.64. The average Bonchev–Trinajstić information content (AvgIpc) is 2.98. The fraction of sp³-hybridized carbons (Fsp3) is 0.609. The first-order valence-electron chi connectivity index (χ1n) is 10.1. The highest BCUT2D eigenvalue weighted by Gasteiger charge is 2.52. The maximum Gasteiger partial charge on any atom is 0.303 e. The molecule has 4 aliphatic rings. The topological polar surface area (TPSA) is 60.4 Å². The molecule has 0 aromatic heterocycles. The third-order valence-electron chi connectivity index (χ3n) is 7.48. The lowest BCUT2D eigenvalue weighted by molar-refractivity contribution is -0.144. The molecule has 0 N–H and O–H groups in total. The molecule has 0 aromatic carbocycles. The lowest BCUT2D eigenvalue weighted by atomic mass is 9.52. The smallest absolute Gasteiger partial charge is 0.303 e. The van der Waals surface area contributed by atoms with E-state index in [-0.39, 0.29) is 29.0 Å². The van der Waals surface area contributed by atoms with E-state index in [0.717, 1.165) is 37.7 Å². The molecular weight excluding hydrogens is 340 g/mol. The van der Waals surface area contributed by atoms with Gasteiger partial charge < -0.3 is 4.74 Å². The summed E-state index contributed by atoms with van der Waals surface area (Å²) < 4.78 is 4.92. The summed E-state index contributed by atoms with van der Waals surface area (Å²) in [6, 6.07) is 0. The average molecular weight is 368 g/mol. The number of ketones is 2. The van der Waals surface area contributed by atoms with Crippen molar-refractivity contribution in [1.82, 2.24) is 0 Å². The van der Waals surface area contributed by atoms with Gasteiger partial charge in [-0.25, -0.2) is 0 Å². The second-order valence-corrected chi connectivity index (χ2v) is 9.17. The minimum absolute atomic E-state index is 0.00253. The van der Waals surface area contributed by atoms with Gasteiger partial charge in [0.25, 0.3) is 0 Å². The highest BCUT2D eigenvalue weighted by Crippen LogP contribution is 2.62. The summed E-state index contributed by atoms with van der Waals surface area (Å²) in [6.07, 6.45) is 11.7. The van der Waals surface area contributed by atoms with Crippen LogP contribution in [0, 0.1) is 22.7 Å². The molecule has 0 bridgehead atoms. The van der Waals surface area contributed by atoms with Crippen molar-refractivity contribution in [3.05, 3.63) is 34.9 Å². The molecule has 0 radical (unpaired) electrons. The summed E-state index contributed by atoms with van der Waals surface area (Å²) in [7, 11) is 0. The van der Waals surface area contributed by atoms with Crippen LogP contribution in [0.25, 0.3) is 0 Å². The van der Waals surface area contributed by atoms with E-state index in [0.29, 0.717) is 18.3 Å². The van der Waals surface area contributed by atoms with Crippen LogP contribution in [0.2, 0.25) is 0 Å². The molecule has 0 aliphatic heterocycles. The Morgan fingerprint density at radius 2 is 2.04 bits per heavy atom. The van der Waals surface area contributed by atoms with Gasteiger partial charge in [0.15, 0.2) is 18.2 Å². The molecule has 0 heterocycles. The maximum absolute atomic E-state index is 12.5. The number of carbonyl (C=O) groups excluding carboxylic acids is 3. The lowest BCUT2D eigenvalue weighted by Gasteiger charge is -2.52. The summed E-state index contributed by atoms with van der Waals surface area (Å²) in [5.74, 6) is 0.677. The minimum Gasteiger partial charge on any atom is -0.457 e. The van der Waals surface area contributed by atoms with E-state index in [9.17, 15) is 14.4 Å². The second-order valence-electron chi connectivity index (χ2n) is 9.17. The Labute approximate surface area is 160 Å². The summed E-state index contributed by atoms with van der Waals surface area (Å²) >= 11 is 0. The van der Waals surface area contributed by atoms with Crippen molar-refractivity contribution in [2.24, 2.45) is 22.7 Å². The van der Waals surface area contributed by atoms with Gasteiger partial charge in [-0.2, -0.15) is 0 Å². The van der Waals surface area contributed by atoms with E-state index in [1.54, 1.807) is 0 Å². The van der Waals surface area contributed by atoms with Crippen molar-refractivity contribution in [2.45, 2.75) is 59.3 Å². The molecule has 4 heteroatoms. The molecule has 4 atom stereocenters. The van der Waals surface area contributed by atoms with Gasteiger partial charge in [-0.15, -0.1) is 0 Å². The van der Waals surface area contributed by atoms with Gasteiger partial charge in [0.1, 0.15) is 0 Å². The summed E-state index contributed by atoms with van der Waals surface area (Å²) in [4.78, 5) is 35.4. The van der Waals surface area contributed by atoms with Crippen LogP contribution in [0.5, 0.6) is 0 Å². The number of carbonyl (C=O) groups is 3. The minimum atomic E-state index is -0.416. The number of Topliss-reactive ketones (excluding diaryl/α,β-unsaturated/α-hetero) is 1. The number of allylic oxidation sites excluding steroid dienone is 5. The monoisotopic (exact) mass is 368 g/mol. The van der Waals surface area contributed by atoms with Gasteiger partial charge in [0, 0.05) is 18.8 Å². The van der Waals surface area contributed by atoms with E-state index in [2.05, 4.69) is 26.0 Å². The first-order chi connectivity index (χ1) is 12.7. The van der Waals surface area contributed by atoms with Crippen LogP contribution in [0.3, 0.4) is 0 Å². The number of hydrogen-bond donors (Lipinski definition) is 0. The Kier molecular flexibility index (Phi) is 4.28. The van der Waals surface area contributed by atoms with Crippen molar-refractivity contribution in [3.63, 3.8) is 0 Å². The number of rotatable bonds is 3. The third kappa shape index (κ3) is 2.94. The molecule has 0 aromatic rings. The van der Waals surface area contributed by atoms with Crippen LogP contribution in [-0.2, 0) is 19.1 Å². The zero-order valence-corrected chi connectivity index (χ0v) is 16.5. The normalized spacial score (nSPS) is 37.3. The van der Waals surface area contributed by atoms with Gasteiger partial charge in [-0.05, 0) is 61.0 Å². The van der Waals surface area contributed by atoms with Crippen molar-refractivity contribution in [1.29, 1.82) is 0 Å². The number of fused-ring (bicyclic) bond motifs is 5. The van der Waals surface area contributed by atoms with Crippen LogP contribution < -0.4 is 0 Å². The zero-order valence-electron chi connectivity index (χ0n) is 16.5. The van der Waals surface area contributed by atoms with Gasteiger partial charge >= 0.3 is 5.97 Å². The Balaban J connectivity index is 1.59. The van der Waals surface area contributed by atoms with Crippen LogP contribution in [0.4, 0.5) is 0 Å². The second kappa shape index (κ2) is 6.29. The largest absolute Gasteiger partial charge is 0.457 e. The van der Waals surface area contributed by atoms with Gasteiger partial charge in [0.2, 0.25) is 0 Å². The van der Waals surface area contributed by atoms with E-state index >= 15 is 0 Å². The van der Waals surface area contributed by atoms with E-state index in [4.69, 9.17) is 4.74 Å². The molecule has 4 aliphatic carbocycles. The van der Waals surface area contributed by atoms with Gasteiger partial charge in [0.05, 0.1) is 0 Å².